The van der Waals surface area contributed by atoms with Crippen LogP contribution in [0, 0.1) is 5.41 Å². The van der Waals surface area contributed by atoms with Crippen molar-refractivity contribution in [2.24, 2.45) is 5.41 Å². The Morgan fingerprint density at radius 2 is 1.79 bits per heavy atom. The Labute approximate surface area is 85.7 Å². The van der Waals surface area contributed by atoms with Crippen molar-refractivity contribution in [1.82, 2.24) is 10.2 Å². The lowest BCUT2D eigenvalue weighted by Gasteiger charge is -2.19. The fourth-order valence-electron chi connectivity index (χ4n) is 0.732. The van der Waals surface area contributed by atoms with Crippen LogP contribution in [-0.2, 0) is 9.59 Å². The SMILES string of the molecule is CCN(C)C(=O)CNC(=O)C(C)(C)C. The minimum atomic E-state index is -0.439. The molecule has 0 saturated heterocycles. The van der Waals surface area contributed by atoms with Gasteiger partial charge in [-0.1, -0.05) is 20.8 Å². The summed E-state index contributed by atoms with van der Waals surface area (Å²) in [6.45, 7) is 8.08. The Morgan fingerprint density at radius 3 is 2.14 bits per heavy atom. The van der Waals surface area contributed by atoms with Crippen molar-refractivity contribution in [3.8, 4) is 0 Å². The Kier molecular flexibility index (Phi) is 4.60. The number of hydrogen-bond acceptors (Lipinski definition) is 2. The van der Waals surface area contributed by atoms with E-state index in [0.29, 0.717) is 6.54 Å². The van der Waals surface area contributed by atoms with E-state index in [2.05, 4.69) is 5.32 Å². The molecule has 0 aliphatic heterocycles. The van der Waals surface area contributed by atoms with E-state index in [1.54, 1.807) is 11.9 Å². The van der Waals surface area contributed by atoms with Crippen LogP contribution in [-0.4, -0.2) is 36.9 Å². The maximum atomic E-state index is 11.4. The van der Waals surface area contributed by atoms with Crippen molar-refractivity contribution in [2.45, 2.75) is 27.7 Å². The maximum Gasteiger partial charge on any atom is 0.241 e. The molecule has 1 N–H and O–H groups in total. The van der Waals surface area contributed by atoms with Crippen molar-refractivity contribution < 1.29 is 9.59 Å². The van der Waals surface area contributed by atoms with Crippen LogP contribution in [0.1, 0.15) is 27.7 Å². The third-order valence-corrected chi connectivity index (χ3v) is 1.98. The van der Waals surface area contributed by atoms with Crippen LogP contribution in [0.4, 0.5) is 0 Å². The number of nitrogens with one attached hydrogen (secondary N) is 1. The summed E-state index contributed by atoms with van der Waals surface area (Å²) in [5.41, 5.74) is -0.439. The van der Waals surface area contributed by atoms with Gasteiger partial charge in [0.25, 0.3) is 0 Å². The van der Waals surface area contributed by atoms with E-state index in [0.717, 1.165) is 0 Å². The Hall–Kier alpha value is -1.06. The minimum Gasteiger partial charge on any atom is -0.347 e. The summed E-state index contributed by atoms with van der Waals surface area (Å²) in [5, 5.41) is 2.61. The third kappa shape index (κ3) is 4.25. The van der Waals surface area contributed by atoms with Crippen LogP contribution in [0.3, 0.4) is 0 Å². The second kappa shape index (κ2) is 4.98. The minimum absolute atomic E-state index is 0.0647. The molecule has 0 atom stereocenters. The maximum absolute atomic E-state index is 11.4. The van der Waals surface area contributed by atoms with Gasteiger partial charge in [0.1, 0.15) is 0 Å². The molecule has 4 heteroatoms. The highest BCUT2D eigenvalue weighted by atomic mass is 16.2. The Morgan fingerprint density at radius 1 is 1.29 bits per heavy atom. The third-order valence-electron chi connectivity index (χ3n) is 1.98. The average Bonchev–Trinajstić information content (AvgIpc) is 2.10. The monoisotopic (exact) mass is 200 g/mol. The summed E-state index contributed by atoms with van der Waals surface area (Å²) < 4.78 is 0. The number of amides is 2. The van der Waals surface area contributed by atoms with Gasteiger partial charge in [-0.2, -0.15) is 0 Å². The first-order valence-electron chi connectivity index (χ1n) is 4.81. The second-order valence-corrected chi connectivity index (χ2v) is 4.34. The van der Waals surface area contributed by atoms with Gasteiger partial charge in [0.05, 0.1) is 6.54 Å². The molecule has 0 aromatic rings. The lowest BCUT2D eigenvalue weighted by atomic mass is 9.96. The van der Waals surface area contributed by atoms with Crippen LogP contribution in [0.15, 0.2) is 0 Å². The molecule has 0 bridgehead atoms. The first kappa shape index (κ1) is 12.9. The number of hydrogen-bond donors (Lipinski definition) is 1. The van der Waals surface area contributed by atoms with Gasteiger partial charge >= 0.3 is 0 Å². The molecule has 0 saturated carbocycles. The molecule has 0 aliphatic carbocycles. The molecular formula is C10H20N2O2. The normalized spacial score (nSPS) is 10.9. The van der Waals surface area contributed by atoms with E-state index in [9.17, 15) is 9.59 Å². The summed E-state index contributed by atoms with van der Waals surface area (Å²) in [7, 11) is 1.71. The first-order chi connectivity index (χ1) is 6.29. The summed E-state index contributed by atoms with van der Waals surface area (Å²) in [5.74, 6) is -0.166. The summed E-state index contributed by atoms with van der Waals surface area (Å²) in [6, 6.07) is 0. The van der Waals surface area contributed by atoms with Crippen LogP contribution >= 0.6 is 0 Å². The highest BCUT2D eigenvalue weighted by molar-refractivity contribution is 5.87. The van der Waals surface area contributed by atoms with Crippen molar-refractivity contribution >= 4 is 11.8 Å². The number of carbonyl (C=O) groups is 2. The van der Waals surface area contributed by atoms with E-state index in [4.69, 9.17) is 0 Å². The predicted molar refractivity (Wildman–Crippen MR) is 55.8 cm³/mol. The van der Waals surface area contributed by atoms with Crippen LogP contribution in [0.5, 0.6) is 0 Å². The van der Waals surface area contributed by atoms with Gasteiger partial charge < -0.3 is 10.2 Å². The zero-order valence-corrected chi connectivity index (χ0v) is 9.68. The van der Waals surface area contributed by atoms with Crippen molar-refractivity contribution in [3.05, 3.63) is 0 Å². The van der Waals surface area contributed by atoms with E-state index in [1.165, 1.54) is 0 Å². The number of nitrogens with zero attached hydrogens (tertiary/aromatic N) is 1. The van der Waals surface area contributed by atoms with E-state index in [1.807, 2.05) is 27.7 Å². The van der Waals surface area contributed by atoms with Crippen LogP contribution in [0.25, 0.3) is 0 Å². The zero-order valence-electron chi connectivity index (χ0n) is 9.68. The predicted octanol–water partition coefficient (Wildman–Crippen LogP) is 0.627. The largest absolute Gasteiger partial charge is 0.347 e. The van der Waals surface area contributed by atoms with Crippen molar-refractivity contribution in [2.75, 3.05) is 20.1 Å². The molecular weight excluding hydrogens is 180 g/mol. The molecule has 4 nitrogen and oxygen atoms in total. The molecule has 14 heavy (non-hydrogen) atoms. The Bertz CT molecular complexity index is 219. The topological polar surface area (TPSA) is 49.4 Å². The zero-order chi connectivity index (χ0) is 11.4. The standard InChI is InChI=1S/C10H20N2O2/c1-6-12(5)8(13)7-11-9(14)10(2,3)4/h6-7H2,1-5H3,(H,11,14). The molecule has 0 radical (unpaired) electrons. The molecule has 0 aromatic carbocycles. The first-order valence-corrected chi connectivity index (χ1v) is 4.81. The second-order valence-electron chi connectivity index (χ2n) is 4.34. The fourth-order valence-corrected chi connectivity index (χ4v) is 0.732. The van der Waals surface area contributed by atoms with Crippen LogP contribution in [0.2, 0.25) is 0 Å². The lowest BCUT2D eigenvalue weighted by Crippen LogP contribution is -2.42. The molecule has 2 amide bonds. The van der Waals surface area contributed by atoms with Crippen molar-refractivity contribution in [1.29, 1.82) is 0 Å². The molecule has 0 fully saturated rings. The molecule has 0 rings (SSSR count). The molecule has 0 unspecified atom stereocenters. The lowest BCUT2D eigenvalue weighted by molar-refractivity contribution is -0.134. The van der Waals surface area contributed by atoms with Gasteiger partial charge in [-0.15, -0.1) is 0 Å². The molecule has 0 heterocycles. The van der Waals surface area contributed by atoms with E-state index < -0.39 is 5.41 Å². The summed E-state index contributed by atoms with van der Waals surface area (Å²) in [4.78, 5) is 24.3. The van der Waals surface area contributed by atoms with E-state index >= 15 is 0 Å². The van der Waals surface area contributed by atoms with Gasteiger partial charge in [0, 0.05) is 19.0 Å². The average molecular weight is 200 g/mol. The fraction of sp³-hybridized carbons (Fsp3) is 0.800. The van der Waals surface area contributed by atoms with Crippen LogP contribution < -0.4 is 5.32 Å². The molecule has 0 aromatic heterocycles. The Balaban J connectivity index is 3.96. The number of likely N-dealkylation sites (N-methyl/N-ethyl adjacent to an activating group) is 1. The van der Waals surface area contributed by atoms with Crippen molar-refractivity contribution in [3.63, 3.8) is 0 Å². The number of carbonyl (C=O) groups excluding carboxylic acids is 2. The summed E-state index contributed by atoms with van der Waals surface area (Å²) in [6.07, 6.45) is 0. The van der Waals surface area contributed by atoms with Gasteiger partial charge in [-0.25, -0.2) is 0 Å². The highest BCUT2D eigenvalue weighted by Gasteiger charge is 2.21. The summed E-state index contributed by atoms with van der Waals surface area (Å²) >= 11 is 0. The molecule has 0 spiro atoms. The van der Waals surface area contributed by atoms with Gasteiger partial charge in [-0.3, -0.25) is 9.59 Å². The quantitative estimate of drug-likeness (QED) is 0.726. The highest BCUT2D eigenvalue weighted by Crippen LogP contribution is 2.11. The van der Waals surface area contributed by atoms with Gasteiger partial charge in [-0.05, 0) is 6.92 Å². The molecule has 82 valence electrons. The molecule has 0 aliphatic rings. The van der Waals surface area contributed by atoms with Gasteiger partial charge in [0.2, 0.25) is 11.8 Å². The number of rotatable bonds is 3. The van der Waals surface area contributed by atoms with Gasteiger partial charge in [0.15, 0.2) is 0 Å². The van der Waals surface area contributed by atoms with E-state index in [-0.39, 0.29) is 18.4 Å². The smallest absolute Gasteiger partial charge is 0.241 e.